The van der Waals surface area contributed by atoms with Gasteiger partial charge in [-0.05, 0) is 13.4 Å². The minimum Gasteiger partial charge on any atom is -0.356 e. The van der Waals surface area contributed by atoms with E-state index in [0.717, 1.165) is 6.32 Å². The molecule has 0 fully saturated rings. The van der Waals surface area contributed by atoms with Crippen molar-refractivity contribution in [2.24, 2.45) is 5.64 Å². The van der Waals surface area contributed by atoms with Gasteiger partial charge in [-0.2, -0.15) is 0 Å². The molecule has 0 amide bonds. The summed E-state index contributed by atoms with van der Waals surface area (Å²) in [5.74, 6) is 0. The van der Waals surface area contributed by atoms with E-state index >= 15 is 0 Å². The van der Waals surface area contributed by atoms with E-state index < -0.39 is 0 Å². The molecule has 3 heteroatoms. The second-order valence-electron chi connectivity index (χ2n) is 2.04. The van der Waals surface area contributed by atoms with Crippen LogP contribution in [0, 0.1) is 0 Å². The summed E-state index contributed by atoms with van der Waals surface area (Å²) in [7, 11) is 1.89. The molecule has 0 spiro atoms. The first kappa shape index (κ1) is 7.98. The predicted octanol–water partition coefficient (Wildman–Crippen LogP) is 0.453. The van der Waals surface area contributed by atoms with Gasteiger partial charge in [0, 0.05) is 0 Å². The summed E-state index contributed by atoms with van der Waals surface area (Å²) in [5.41, 5.74) is 5.55. The van der Waals surface area contributed by atoms with Gasteiger partial charge in [-0.1, -0.05) is 19.8 Å². The summed E-state index contributed by atoms with van der Waals surface area (Å²) in [6.45, 7) is 2.37. The van der Waals surface area contributed by atoms with E-state index in [1.54, 1.807) is 0 Å². The third kappa shape index (κ3) is 4.15. The molecule has 0 saturated heterocycles. The summed E-state index contributed by atoms with van der Waals surface area (Å²) >= 11 is 0. The van der Waals surface area contributed by atoms with Crippen LogP contribution in [0.5, 0.6) is 0 Å². The van der Waals surface area contributed by atoms with Crippen LogP contribution in [0.25, 0.3) is 0 Å². The first-order valence-electron chi connectivity index (χ1n) is 3.24. The molecule has 0 bridgehead atoms. The molecular weight excluding hydrogens is 98.9 g/mol. The van der Waals surface area contributed by atoms with Crippen LogP contribution in [-0.2, 0) is 0 Å². The van der Waals surface area contributed by atoms with Crippen LogP contribution in [0.1, 0.15) is 19.8 Å². The number of nitrogens with two attached hydrogens (primary N) is 1. The number of unbranched alkanes of at least 4 members (excludes halogenated alkanes) is 1. The number of rotatable bonds is 4. The van der Waals surface area contributed by atoms with E-state index in [2.05, 4.69) is 12.2 Å². The maximum Gasteiger partial charge on any atom is 0.302 e. The van der Waals surface area contributed by atoms with Crippen molar-refractivity contribution in [1.82, 2.24) is 5.23 Å². The van der Waals surface area contributed by atoms with Crippen LogP contribution in [0.2, 0.25) is 6.32 Å². The zero-order valence-corrected chi connectivity index (χ0v) is 5.78. The fourth-order valence-corrected chi connectivity index (χ4v) is 0.568. The molecule has 0 aliphatic carbocycles. The molecule has 0 rings (SSSR count). The molecule has 0 aliphatic heterocycles. The van der Waals surface area contributed by atoms with Gasteiger partial charge in [0.2, 0.25) is 0 Å². The van der Waals surface area contributed by atoms with E-state index in [0.29, 0.717) is 0 Å². The van der Waals surface area contributed by atoms with Gasteiger partial charge < -0.3 is 10.9 Å². The van der Waals surface area contributed by atoms with E-state index in [1.807, 2.05) is 7.05 Å². The normalized spacial score (nSPS) is 9.38. The Kier molecular flexibility index (Phi) is 5.12. The van der Waals surface area contributed by atoms with Gasteiger partial charge in [-0.25, -0.2) is 0 Å². The van der Waals surface area contributed by atoms with E-state index in [4.69, 9.17) is 5.64 Å². The molecule has 0 atom stereocenters. The summed E-state index contributed by atoms with van der Waals surface area (Å²) in [6, 6.07) is 0. The highest BCUT2D eigenvalue weighted by atomic mass is 14.8. The van der Waals surface area contributed by atoms with E-state index in [-0.39, 0.29) is 6.98 Å². The first-order chi connectivity index (χ1) is 3.81. The third-order valence-electron chi connectivity index (χ3n) is 1.24. The molecule has 0 aromatic heterocycles. The molecule has 0 unspecified atom stereocenters. The zero-order chi connectivity index (χ0) is 6.41. The van der Waals surface area contributed by atoms with Crippen molar-refractivity contribution >= 4 is 6.98 Å². The highest BCUT2D eigenvalue weighted by Crippen LogP contribution is 1.93. The maximum atomic E-state index is 5.55. The zero-order valence-electron chi connectivity index (χ0n) is 5.78. The van der Waals surface area contributed by atoms with Crippen LogP contribution >= 0.6 is 0 Å². The molecular formula is C5H15BN2. The second-order valence-corrected chi connectivity index (χ2v) is 2.04. The number of hydrogen-bond donors (Lipinski definition) is 2. The molecule has 48 valence electrons. The second kappa shape index (κ2) is 5.13. The lowest BCUT2D eigenvalue weighted by atomic mass is 9.73. The Balaban J connectivity index is 2.86. The Bertz CT molecular complexity index is 49.7. The summed E-state index contributed by atoms with van der Waals surface area (Å²) < 4.78 is 0. The molecule has 0 heterocycles. The summed E-state index contributed by atoms with van der Waals surface area (Å²) in [4.78, 5) is 0. The van der Waals surface area contributed by atoms with Crippen LogP contribution < -0.4 is 10.9 Å². The Hall–Kier alpha value is -0.0151. The van der Waals surface area contributed by atoms with Crippen LogP contribution in [0.15, 0.2) is 0 Å². The van der Waals surface area contributed by atoms with Crippen LogP contribution in [-0.4, -0.2) is 14.0 Å². The molecule has 8 heavy (non-hydrogen) atoms. The molecule has 0 radical (unpaired) electrons. The Labute approximate surface area is 52.0 Å². The highest BCUT2D eigenvalue weighted by molar-refractivity contribution is 6.52. The van der Waals surface area contributed by atoms with Crippen LogP contribution in [0.4, 0.5) is 0 Å². The van der Waals surface area contributed by atoms with Crippen molar-refractivity contribution in [3.05, 3.63) is 0 Å². The topological polar surface area (TPSA) is 38.0 Å². The summed E-state index contributed by atoms with van der Waals surface area (Å²) in [6.07, 6.45) is 3.55. The maximum absolute atomic E-state index is 5.55. The van der Waals surface area contributed by atoms with Gasteiger partial charge in [0.1, 0.15) is 0 Å². The van der Waals surface area contributed by atoms with Gasteiger partial charge in [-0.15, -0.1) is 0 Å². The largest absolute Gasteiger partial charge is 0.356 e. The number of hydrogen-bond acceptors (Lipinski definition) is 2. The molecule has 0 saturated carbocycles. The van der Waals surface area contributed by atoms with Crippen molar-refractivity contribution in [1.29, 1.82) is 0 Å². The summed E-state index contributed by atoms with van der Waals surface area (Å²) in [5, 5.41) is 2.98. The van der Waals surface area contributed by atoms with Crippen molar-refractivity contribution in [3.63, 3.8) is 0 Å². The standard InChI is InChI=1S/C5H15BN2/c1-3-4-5-6(7)8-2/h8H,3-5,7H2,1-2H3. The minimum absolute atomic E-state index is 0.204. The Morgan fingerprint density at radius 3 is 2.62 bits per heavy atom. The molecule has 0 aliphatic rings. The van der Waals surface area contributed by atoms with E-state index in [1.165, 1.54) is 12.8 Å². The van der Waals surface area contributed by atoms with Crippen molar-refractivity contribution in [3.8, 4) is 0 Å². The Morgan fingerprint density at radius 1 is 1.62 bits per heavy atom. The molecule has 0 aromatic rings. The van der Waals surface area contributed by atoms with Crippen molar-refractivity contribution in [2.75, 3.05) is 7.05 Å². The highest BCUT2D eigenvalue weighted by Gasteiger charge is 2.01. The lowest BCUT2D eigenvalue weighted by Crippen LogP contribution is -2.39. The van der Waals surface area contributed by atoms with Gasteiger partial charge >= 0.3 is 6.98 Å². The number of nitrogens with one attached hydrogen (secondary N) is 1. The smallest absolute Gasteiger partial charge is 0.302 e. The van der Waals surface area contributed by atoms with Gasteiger partial charge in [-0.3, -0.25) is 0 Å². The fraction of sp³-hybridized carbons (Fsp3) is 1.00. The molecule has 2 nitrogen and oxygen atoms in total. The van der Waals surface area contributed by atoms with E-state index in [9.17, 15) is 0 Å². The minimum atomic E-state index is 0.204. The first-order valence-corrected chi connectivity index (χ1v) is 3.24. The van der Waals surface area contributed by atoms with Crippen molar-refractivity contribution in [2.45, 2.75) is 26.1 Å². The monoisotopic (exact) mass is 114 g/mol. The SMILES string of the molecule is CCCCB(N)NC. The average molecular weight is 114 g/mol. The van der Waals surface area contributed by atoms with Gasteiger partial charge in [0.25, 0.3) is 0 Å². The fourth-order valence-electron chi connectivity index (χ4n) is 0.568. The predicted molar refractivity (Wildman–Crippen MR) is 38.7 cm³/mol. The van der Waals surface area contributed by atoms with Gasteiger partial charge in [0.05, 0.1) is 0 Å². The lowest BCUT2D eigenvalue weighted by molar-refractivity contribution is 0.862. The molecule has 0 aromatic carbocycles. The average Bonchev–Trinajstić information content (AvgIpc) is 1.83. The third-order valence-corrected chi connectivity index (χ3v) is 1.24. The molecule has 3 N–H and O–H groups in total. The quantitative estimate of drug-likeness (QED) is 0.521. The van der Waals surface area contributed by atoms with Crippen molar-refractivity contribution < 1.29 is 0 Å². The van der Waals surface area contributed by atoms with Gasteiger partial charge in [0.15, 0.2) is 0 Å². The lowest BCUT2D eigenvalue weighted by Gasteiger charge is -2.01. The van der Waals surface area contributed by atoms with Crippen LogP contribution in [0.3, 0.4) is 0 Å². The Morgan fingerprint density at radius 2 is 2.25 bits per heavy atom.